The second kappa shape index (κ2) is 6.75. The summed E-state index contributed by atoms with van der Waals surface area (Å²) in [5.41, 5.74) is -1.04. The van der Waals surface area contributed by atoms with Crippen molar-refractivity contribution in [2.45, 2.75) is 37.8 Å². The summed E-state index contributed by atoms with van der Waals surface area (Å²) in [5, 5.41) is 14.0. The highest BCUT2D eigenvalue weighted by atomic mass is 35.5. The molecule has 2 fully saturated rings. The number of piperidine rings is 1. The van der Waals surface area contributed by atoms with Crippen LogP contribution in [0.4, 0.5) is 4.39 Å². The fourth-order valence-electron chi connectivity index (χ4n) is 3.11. The molecule has 1 aromatic rings. The number of aliphatic hydroxyl groups is 1. The van der Waals surface area contributed by atoms with Crippen LogP contribution < -0.4 is 5.32 Å². The SMILES string of the molecule is O=C1N(CC2CC2)CCC[C@@]1(O)CNCc1c(F)cccc1Cl. The topological polar surface area (TPSA) is 52.6 Å². The molecule has 1 heterocycles. The first-order valence-electron chi connectivity index (χ1n) is 8.15. The quantitative estimate of drug-likeness (QED) is 0.835. The summed E-state index contributed by atoms with van der Waals surface area (Å²) in [7, 11) is 0. The van der Waals surface area contributed by atoms with Crippen LogP contribution in [0.3, 0.4) is 0 Å². The number of rotatable bonds is 6. The van der Waals surface area contributed by atoms with Gasteiger partial charge < -0.3 is 15.3 Å². The van der Waals surface area contributed by atoms with Gasteiger partial charge in [0.15, 0.2) is 5.60 Å². The average Bonchev–Trinajstić information content (AvgIpc) is 3.31. The fourth-order valence-corrected chi connectivity index (χ4v) is 3.34. The molecule has 1 aromatic carbocycles. The van der Waals surface area contributed by atoms with Crippen molar-refractivity contribution in [3.8, 4) is 0 Å². The van der Waals surface area contributed by atoms with Crippen LogP contribution in [0.15, 0.2) is 18.2 Å². The molecule has 1 aliphatic heterocycles. The zero-order valence-corrected chi connectivity index (χ0v) is 13.8. The van der Waals surface area contributed by atoms with Crippen molar-refractivity contribution < 1.29 is 14.3 Å². The van der Waals surface area contributed by atoms with E-state index in [4.69, 9.17) is 11.6 Å². The lowest BCUT2D eigenvalue weighted by molar-refractivity contribution is -0.156. The Morgan fingerprint density at radius 1 is 1.43 bits per heavy atom. The normalized spacial score (nSPS) is 25.0. The second-order valence-electron chi connectivity index (χ2n) is 6.63. The van der Waals surface area contributed by atoms with E-state index < -0.39 is 5.60 Å². The van der Waals surface area contributed by atoms with Crippen molar-refractivity contribution in [2.75, 3.05) is 19.6 Å². The molecule has 0 radical (unpaired) electrons. The number of amides is 1. The number of benzene rings is 1. The Morgan fingerprint density at radius 3 is 2.91 bits per heavy atom. The van der Waals surface area contributed by atoms with Gasteiger partial charge in [-0.3, -0.25) is 4.79 Å². The molecule has 1 saturated carbocycles. The van der Waals surface area contributed by atoms with Gasteiger partial charge in [0.25, 0.3) is 5.91 Å². The van der Waals surface area contributed by atoms with E-state index in [1.807, 2.05) is 0 Å². The number of hydrogen-bond acceptors (Lipinski definition) is 3. The minimum absolute atomic E-state index is 0.109. The highest BCUT2D eigenvalue weighted by molar-refractivity contribution is 6.31. The number of nitrogens with one attached hydrogen (secondary N) is 1. The van der Waals surface area contributed by atoms with Crippen LogP contribution in [0.5, 0.6) is 0 Å². The van der Waals surface area contributed by atoms with Gasteiger partial charge in [0.05, 0.1) is 0 Å². The van der Waals surface area contributed by atoms with E-state index in [-0.39, 0.29) is 24.8 Å². The lowest BCUT2D eigenvalue weighted by Crippen LogP contribution is -2.58. The van der Waals surface area contributed by atoms with Crippen molar-refractivity contribution in [3.05, 3.63) is 34.6 Å². The Hall–Kier alpha value is -1.17. The maximum absolute atomic E-state index is 13.7. The van der Waals surface area contributed by atoms with E-state index in [1.54, 1.807) is 17.0 Å². The van der Waals surface area contributed by atoms with Gasteiger partial charge in [0, 0.05) is 36.8 Å². The van der Waals surface area contributed by atoms with Crippen LogP contribution in [0.25, 0.3) is 0 Å². The van der Waals surface area contributed by atoms with Gasteiger partial charge in [-0.05, 0) is 43.7 Å². The smallest absolute Gasteiger partial charge is 0.255 e. The molecule has 23 heavy (non-hydrogen) atoms. The molecule has 2 aliphatic rings. The zero-order chi connectivity index (χ0) is 16.4. The molecule has 6 heteroatoms. The van der Waals surface area contributed by atoms with Gasteiger partial charge in [-0.25, -0.2) is 4.39 Å². The summed E-state index contributed by atoms with van der Waals surface area (Å²) < 4.78 is 13.7. The molecule has 4 nitrogen and oxygen atoms in total. The standard InChI is InChI=1S/C17H22ClFN2O2/c18-14-3-1-4-15(19)13(14)9-20-11-17(23)7-2-8-21(16(17)22)10-12-5-6-12/h1,3-4,12,20,23H,2,5-11H2/t17-/m1/s1. The van der Waals surface area contributed by atoms with Crippen LogP contribution in [0, 0.1) is 11.7 Å². The van der Waals surface area contributed by atoms with Gasteiger partial charge in [0.2, 0.25) is 0 Å². The molecule has 0 bridgehead atoms. The molecule has 1 saturated heterocycles. The second-order valence-corrected chi connectivity index (χ2v) is 7.04. The van der Waals surface area contributed by atoms with Gasteiger partial charge in [0.1, 0.15) is 5.82 Å². The summed E-state index contributed by atoms with van der Waals surface area (Å²) >= 11 is 5.98. The van der Waals surface area contributed by atoms with Gasteiger partial charge >= 0.3 is 0 Å². The third kappa shape index (κ3) is 3.84. The predicted octanol–water partition coefficient (Wildman–Crippen LogP) is 2.33. The number of carbonyl (C=O) groups is 1. The molecular weight excluding hydrogens is 319 g/mol. The van der Waals surface area contributed by atoms with Crippen molar-refractivity contribution in [1.29, 1.82) is 0 Å². The first-order valence-corrected chi connectivity index (χ1v) is 8.53. The maximum atomic E-state index is 13.7. The average molecular weight is 341 g/mol. The Bertz CT molecular complexity index is 574. The molecule has 0 unspecified atom stereocenters. The number of likely N-dealkylation sites (tertiary alicyclic amines) is 1. The Kier molecular flexibility index (Phi) is 4.90. The molecule has 1 amide bonds. The zero-order valence-electron chi connectivity index (χ0n) is 13.0. The highest BCUT2D eigenvalue weighted by Crippen LogP contribution is 2.32. The van der Waals surface area contributed by atoms with Crippen LogP contribution in [-0.2, 0) is 11.3 Å². The Labute approximate surface area is 140 Å². The number of nitrogens with zero attached hydrogens (tertiary/aromatic N) is 1. The minimum atomic E-state index is -1.40. The minimum Gasteiger partial charge on any atom is -0.379 e. The molecule has 1 atom stereocenters. The number of hydrogen-bond donors (Lipinski definition) is 2. The Balaban J connectivity index is 1.58. The van der Waals surface area contributed by atoms with E-state index in [2.05, 4.69) is 5.32 Å². The van der Waals surface area contributed by atoms with E-state index in [0.29, 0.717) is 22.9 Å². The number of carbonyl (C=O) groups excluding carboxylic acids is 1. The molecule has 0 spiro atoms. The molecule has 2 N–H and O–H groups in total. The van der Waals surface area contributed by atoms with Crippen LogP contribution in [0.1, 0.15) is 31.2 Å². The van der Waals surface area contributed by atoms with Gasteiger partial charge in [-0.1, -0.05) is 17.7 Å². The summed E-state index contributed by atoms with van der Waals surface area (Å²) in [6, 6.07) is 4.52. The largest absolute Gasteiger partial charge is 0.379 e. The lowest BCUT2D eigenvalue weighted by atomic mass is 9.91. The van der Waals surface area contributed by atoms with E-state index in [9.17, 15) is 14.3 Å². The van der Waals surface area contributed by atoms with E-state index in [0.717, 1.165) is 19.5 Å². The molecule has 0 aromatic heterocycles. The predicted molar refractivity (Wildman–Crippen MR) is 86.6 cm³/mol. The van der Waals surface area contributed by atoms with E-state index >= 15 is 0 Å². The molecular formula is C17H22ClFN2O2. The third-order valence-corrected chi connectivity index (χ3v) is 5.01. The molecule has 126 valence electrons. The summed E-state index contributed by atoms with van der Waals surface area (Å²) in [6.45, 7) is 1.76. The third-order valence-electron chi connectivity index (χ3n) is 4.66. The van der Waals surface area contributed by atoms with Crippen LogP contribution in [0.2, 0.25) is 5.02 Å². The van der Waals surface area contributed by atoms with Crippen molar-refractivity contribution >= 4 is 17.5 Å². The number of halogens is 2. The monoisotopic (exact) mass is 340 g/mol. The van der Waals surface area contributed by atoms with Gasteiger partial charge in [-0.15, -0.1) is 0 Å². The van der Waals surface area contributed by atoms with Crippen LogP contribution >= 0.6 is 11.6 Å². The summed E-state index contributed by atoms with van der Waals surface area (Å²) in [6.07, 6.45) is 3.57. The summed E-state index contributed by atoms with van der Waals surface area (Å²) in [4.78, 5) is 14.3. The van der Waals surface area contributed by atoms with E-state index in [1.165, 1.54) is 18.9 Å². The van der Waals surface area contributed by atoms with Gasteiger partial charge in [-0.2, -0.15) is 0 Å². The lowest BCUT2D eigenvalue weighted by Gasteiger charge is -2.38. The first kappa shape index (κ1) is 16.7. The highest BCUT2D eigenvalue weighted by Gasteiger charge is 2.43. The summed E-state index contributed by atoms with van der Waals surface area (Å²) in [5.74, 6) is 0.0107. The fraction of sp³-hybridized carbons (Fsp3) is 0.588. The van der Waals surface area contributed by atoms with Crippen LogP contribution in [-0.4, -0.2) is 41.1 Å². The van der Waals surface area contributed by atoms with Crippen molar-refractivity contribution in [3.63, 3.8) is 0 Å². The van der Waals surface area contributed by atoms with Crippen molar-refractivity contribution in [1.82, 2.24) is 10.2 Å². The first-order chi connectivity index (χ1) is 11.0. The molecule has 1 aliphatic carbocycles. The Morgan fingerprint density at radius 2 is 2.22 bits per heavy atom. The maximum Gasteiger partial charge on any atom is 0.255 e. The molecule has 3 rings (SSSR count). The van der Waals surface area contributed by atoms with Crippen molar-refractivity contribution in [2.24, 2.45) is 5.92 Å².